The molecule has 0 atom stereocenters. The minimum atomic E-state index is -0.0530. The monoisotopic (exact) mass is 804 g/mol. The smallest absolute Gasteiger partial charge is 0.120 e. The molecule has 0 radical (unpaired) electrons. The molecule has 306 valence electrons. The van der Waals surface area contributed by atoms with Crippen molar-refractivity contribution in [3.8, 4) is 23.0 Å². The molecule has 4 aromatic carbocycles. The van der Waals surface area contributed by atoms with Crippen LogP contribution in [0.15, 0.2) is 72.8 Å². The molecule has 0 aliphatic rings. The number of nitrogens with zero attached hydrogens (tertiary/aromatic N) is 2. The lowest BCUT2D eigenvalue weighted by Crippen LogP contribution is -2.34. The molecule has 0 bridgehead atoms. The van der Waals surface area contributed by atoms with E-state index >= 15 is 0 Å². The average molecular weight is 806 g/mol. The number of aromatic hydroxyl groups is 4. The van der Waals surface area contributed by atoms with Crippen LogP contribution >= 0.6 is 23.2 Å². The third kappa shape index (κ3) is 13.6. The summed E-state index contributed by atoms with van der Waals surface area (Å²) in [5.41, 5.74) is 5.28. The number of hydrogen-bond donors (Lipinski definition) is 4. The third-order valence-corrected chi connectivity index (χ3v) is 11.9. The Morgan fingerprint density at radius 1 is 0.446 bits per heavy atom. The molecule has 0 spiro atoms. The molecule has 0 saturated heterocycles. The summed E-state index contributed by atoms with van der Waals surface area (Å²) in [6.45, 7) is 16.3. The van der Waals surface area contributed by atoms with Gasteiger partial charge in [0, 0.05) is 71.6 Å². The summed E-state index contributed by atoms with van der Waals surface area (Å²) in [5, 5.41) is 45.3. The van der Waals surface area contributed by atoms with Crippen LogP contribution in [-0.4, -0.2) is 43.3 Å². The molecular weight excluding hydrogens is 739 g/mol. The Hall–Kier alpha value is -3.42. The van der Waals surface area contributed by atoms with Crippen LogP contribution in [0.3, 0.4) is 0 Å². The minimum absolute atomic E-state index is 0.0530. The molecule has 0 saturated carbocycles. The lowest BCUT2D eigenvalue weighted by molar-refractivity contribution is 0.178. The lowest BCUT2D eigenvalue weighted by atomic mass is 9.79. The lowest BCUT2D eigenvalue weighted by Gasteiger charge is -2.31. The second-order valence-electron chi connectivity index (χ2n) is 17.0. The van der Waals surface area contributed by atoms with Crippen molar-refractivity contribution in [1.29, 1.82) is 0 Å². The Labute approximate surface area is 347 Å². The van der Waals surface area contributed by atoms with E-state index in [2.05, 4.69) is 63.5 Å². The van der Waals surface area contributed by atoms with Crippen LogP contribution in [0.1, 0.15) is 139 Å². The van der Waals surface area contributed by atoms with Gasteiger partial charge in [0.05, 0.1) is 0 Å². The van der Waals surface area contributed by atoms with E-state index in [0.29, 0.717) is 60.4 Å². The van der Waals surface area contributed by atoms with Crippen LogP contribution in [-0.2, 0) is 37.0 Å². The van der Waals surface area contributed by atoms with Crippen LogP contribution in [0, 0.1) is 0 Å². The van der Waals surface area contributed by atoms with Crippen molar-refractivity contribution in [2.45, 2.75) is 143 Å². The molecular formula is C48H66Cl2N2O4. The quantitative estimate of drug-likeness (QED) is 0.0559. The highest BCUT2D eigenvalue weighted by Gasteiger charge is 2.25. The van der Waals surface area contributed by atoms with E-state index in [-0.39, 0.29) is 33.8 Å². The van der Waals surface area contributed by atoms with Gasteiger partial charge in [-0.15, -0.1) is 0 Å². The molecule has 4 N–H and O–H groups in total. The summed E-state index contributed by atoms with van der Waals surface area (Å²) in [5.74, 6) is 0.780. The maximum atomic E-state index is 11.2. The third-order valence-electron chi connectivity index (χ3n) is 11.4. The molecule has 0 heterocycles. The van der Waals surface area contributed by atoms with Crippen LogP contribution in [0.2, 0.25) is 10.0 Å². The van der Waals surface area contributed by atoms with Gasteiger partial charge in [-0.1, -0.05) is 140 Å². The highest BCUT2D eigenvalue weighted by molar-refractivity contribution is 6.31. The first-order valence-electron chi connectivity index (χ1n) is 20.7. The summed E-state index contributed by atoms with van der Waals surface area (Å²) in [7, 11) is 0. The van der Waals surface area contributed by atoms with E-state index in [1.165, 1.54) is 49.7 Å². The first kappa shape index (κ1) is 45.3. The number of rotatable bonds is 23. The molecule has 8 heteroatoms. The van der Waals surface area contributed by atoms with E-state index in [1.54, 1.807) is 36.4 Å². The molecule has 0 fully saturated rings. The molecule has 0 unspecified atom stereocenters. The van der Waals surface area contributed by atoms with E-state index in [9.17, 15) is 20.4 Å². The number of benzene rings is 4. The summed E-state index contributed by atoms with van der Waals surface area (Å²) in [6, 6.07) is 22.1. The van der Waals surface area contributed by atoms with Crippen LogP contribution in [0.5, 0.6) is 23.0 Å². The second-order valence-corrected chi connectivity index (χ2v) is 17.9. The number of phenols is 4. The standard InChI is InChI=1S/C48H66Cl2N2O4/c1-7-9-11-13-23-47(3,4)39-15-19-43(53)35(27-39)31-51(33-37-29-41(49)17-21-45(37)55)25-26-52(34-38-30-42(50)18-22-46(38)56)32-36-28-40(16-20-44(36)54)48(5,6)24-14-12-10-8-2/h15-22,27-30,53-56H,7-14,23-26,31-34H2,1-6H3. The van der Waals surface area contributed by atoms with Gasteiger partial charge in [0.15, 0.2) is 0 Å². The predicted molar refractivity (Wildman–Crippen MR) is 234 cm³/mol. The Morgan fingerprint density at radius 3 is 1.11 bits per heavy atom. The van der Waals surface area contributed by atoms with Gasteiger partial charge in [-0.25, -0.2) is 0 Å². The number of hydrogen-bond acceptors (Lipinski definition) is 6. The predicted octanol–water partition coefficient (Wildman–Crippen LogP) is 13.0. The van der Waals surface area contributed by atoms with Gasteiger partial charge in [0.2, 0.25) is 0 Å². The zero-order valence-electron chi connectivity index (χ0n) is 34.7. The fourth-order valence-electron chi connectivity index (χ4n) is 7.58. The highest BCUT2D eigenvalue weighted by Crippen LogP contribution is 2.35. The summed E-state index contributed by atoms with van der Waals surface area (Å²) < 4.78 is 0. The maximum absolute atomic E-state index is 11.2. The zero-order valence-corrected chi connectivity index (χ0v) is 36.2. The van der Waals surface area contributed by atoms with Crippen molar-refractivity contribution in [3.63, 3.8) is 0 Å². The van der Waals surface area contributed by atoms with Gasteiger partial charge >= 0.3 is 0 Å². The van der Waals surface area contributed by atoms with Crippen molar-refractivity contribution in [3.05, 3.63) is 116 Å². The molecule has 4 rings (SSSR count). The SMILES string of the molecule is CCCCCCC(C)(C)c1ccc(O)c(CN(CCN(Cc2cc(Cl)ccc2O)Cc2cc(C(C)(C)CCCCCC)ccc2O)Cc2cc(Cl)ccc2O)c1. The molecule has 6 nitrogen and oxygen atoms in total. The largest absolute Gasteiger partial charge is 0.508 e. The maximum Gasteiger partial charge on any atom is 0.120 e. The van der Waals surface area contributed by atoms with E-state index in [4.69, 9.17) is 23.2 Å². The molecule has 0 aromatic heterocycles. The topological polar surface area (TPSA) is 87.4 Å². The van der Waals surface area contributed by atoms with E-state index in [1.807, 2.05) is 24.3 Å². The zero-order chi connectivity index (χ0) is 40.9. The Morgan fingerprint density at radius 2 is 0.768 bits per heavy atom. The minimum Gasteiger partial charge on any atom is -0.508 e. The summed E-state index contributed by atoms with van der Waals surface area (Å²) >= 11 is 12.8. The number of halogens is 2. The van der Waals surface area contributed by atoms with Gasteiger partial charge in [-0.2, -0.15) is 0 Å². The molecule has 4 aromatic rings. The molecule has 0 aliphatic carbocycles. The molecule has 0 aliphatic heterocycles. The first-order chi connectivity index (χ1) is 26.6. The van der Waals surface area contributed by atoms with Gasteiger partial charge in [0.25, 0.3) is 0 Å². The van der Waals surface area contributed by atoms with Crippen LogP contribution in [0.4, 0.5) is 0 Å². The number of phenolic OH excluding ortho intramolecular Hbond substituents is 4. The van der Waals surface area contributed by atoms with Crippen LogP contribution < -0.4 is 0 Å². The van der Waals surface area contributed by atoms with Gasteiger partial charge < -0.3 is 20.4 Å². The average Bonchev–Trinajstić information content (AvgIpc) is 3.15. The summed E-state index contributed by atoms with van der Waals surface area (Å²) in [4.78, 5) is 4.41. The molecule has 0 amide bonds. The van der Waals surface area contributed by atoms with Gasteiger partial charge in [-0.05, 0) is 83.3 Å². The van der Waals surface area contributed by atoms with Crippen molar-refractivity contribution in [2.24, 2.45) is 0 Å². The Bertz CT molecular complexity index is 1710. The Balaban J connectivity index is 1.66. The van der Waals surface area contributed by atoms with E-state index < -0.39 is 0 Å². The fourth-order valence-corrected chi connectivity index (χ4v) is 7.97. The van der Waals surface area contributed by atoms with E-state index in [0.717, 1.165) is 36.8 Å². The van der Waals surface area contributed by atoms with Gasteiger partial charge in [0.1, 0.15) is 23.0 Å². The van der Waals surface area contributed by atoms with Crippen LogP contribution in [0.25, 0.3) is 0 Å². The van der Waals surface area contributed by atoms with Crippen molar-refractivity contribution in [2.75, 3.05) is 13.1 Å². The van der Waals surface area contributed by atoms with Crippen molar-refractivity contribution >= 4 is 23.2 Å². The van der Waals surface area contributed by atoms with Gasteiger partial charge in [-0.3, -0.25) is 9.80 Å². The highest BCUT2D eigenvalue weighted by atomic mass is 35.5. The fraction of sp³-hybridized carbons (Fsp3) is 0.500. The normalized spacial score (nSPS) is 12.2. The summed E-state index contributed by atoms with van der Waals surface area (Å²) in [6.07, 6.45) is 11.7. The van der Waals surface area contributed by atoms with Crippen molar-refractivity contribution in [1.82, 2.24) is 9.80 Å². The second kappa shape index (κ2) is 21.4. The Kier molecular flexibility index (Phi) is 17.3. The molecule has 56 heavy (non-hydrogen) atoms. The first-order valence-corrected chi connectivity index (χ1v) is 21.4. The van der Waals surface area contributed by atoms with Crippen molar-refractivity contribution < 1.29 is 20.4 Å². The number of unbranched alkanes of at least 4 members (excludes halogenated alkanes) is 6.